The molecule has 2 N–H and O–H groups in total. The average molecular weight is 298 g/mol. The number of carbonyl (C=O) groups is 1. The Labute approximate surface area is 126 Å². The maximum atomic E-state index is 12.7. The van der Waals surface area contributed by atoms with Crippen LogP contribution < -0.4 is 5.73 Å². The Morgan fingerprint density at radius 1 is 1.40 bits per heavy atom. The number of amides is 1. The standard InChI is InChI=1S/C15H24ClN3O/c1-5-12(6-2)19(9-10(3)4)15(20)11-7-13(16)14(17)18-8-11/h7-8,10,12H,5-6,9H2,1-4H3,(H2,17,18). The van der Waals surface area contributed by atoms with Gasteiger partial charge in [0.25, 0.3) is 5.91 Å². The average Bonchev–Trinajstić information content (AvgIpc) is 2.41. The Hall–Kier alpha value is -1.29. The molecular weight excluding hydrogens is 274 g/mol. The Morgan fingerprint density at radius 3 is 2.45 bits per heavy atom. The van der Waals surface area contributed by atoms with E-state index in [1.54, 1.807) is 6.07 Å². The van der Waals surface area contributed by atoms with Crippen molar-refractivity contribution in [1.82, 2.24) is 9.88 Å². The van der Waals surface area contributed by atoms with Crippen LogP contribution >= 0.6 is 11.6 Å². The number of nitrogen functional groups attached to an aromatic ring is 1. The summed E-state index contributed by atoms with van der Waals surface area (Å²) in [5, 5.41) is 0.324. The number of hydrogen-bond acceptors (Lipinski definition) is 3. The van der Waals surface area contributed by atoms with Crippen molar-refractivity contribution < 1.29 is 4.79 Å². The molecule has 1 heterocycles. The molecule has 1 rings (SSSR count). The number of halogens is 1. The van der Waals surface area contributed by atoms with E-state index in [0.29, 0.717) is 16.5 Å². The first-order chi connectivity index (χ1) is 9.40. The van der Waals surface area contributed by atoms with E-state index in [-0.39, 0.29) is 17.8 Å². The smallest absolute Gasteiger partial charge is 0.255 e. The van der Waals surface area contributed by atoms with E-state index >= 15 is 0 Å². The van der Waals surface area contributed by atoms with E-state index in [9.17, 15) is 4.79 Å². The Balaban J connectivity index is 3.05. The molecule has 0 fully saturated rings. The third-order valence-electron chi connectivity index (χ3n) is 3.32. The molecular formula is C15H24ClN3O. The van der Waals surface area contributed by atoms with E-state index in [1.165, 1.54) is 6.20 Å². The van der Waals surface area contributed by atoms with Gasteiger partial charge in [0, 0.05) is 18.8 Å². The van der Waals surface area contributed by atoms with Gasteiger partial charge in [0.05, 0.1) is 10.6 Å². The first kappa shape index (κ1) is 16.8. The second kappa shape index (κ2) is 7.48. The molecule has 0 spiro atoms. The number of nitrogens with two attached hydrogens (primary N) is 1. The van der Waals surface area contributed by atoms with Crippen molar-refractivity contribution in [3.63, 3.8) is 0 Å². The van der Waals surface area contributed by atoms with Crippen molar-refractivity contribution in [2.75, 3.05) is 12.3 Å². The van der Waals surface area contributed by atoms with Gasteiger partial charge in [0.15, 0.2) is 0 Å². The van der Waals surface area contributed by atoms with Crippen LogP contribution in [0.25, 0.3) is 0 Å². The molecule has 4 nitrogen and oxygen atoms in total. The molecule has 20 heavy (non-hydrogen) atoms. The van der Waals surface area contributed by atoms with E-state index in [2.05, 4.69) is 32.7 Å². The number of nitrogens with zero attached hydrogens (tertiary/aromatic N) is 2. The van der Waals surface area contributed by atoms with Gasteiger partial charge >= 0.3 is 0 Å². The molecule has 0 bridgehead atoms. The molecule has 0 aliphatic carbocycles. The fraction of sp³-hybridized carbons (Fsp3) is 0.600. The molecule has 0 unspecified atom stereocenters. The molecule has 0 saturated heterocycles. The third kappa shape index (κ3) is 4.10. The number of rotatable bonds is 6. The van der Waals surface area contributed by atoms with Crippen molar-refractivity contribution in [3.05, 3.63) is 22.8 Å². The van der Waals surface area contributed by atoms with Gasteiger partial charge in [-0.15, -0.1) is 0 Å². The van der Waals surface area contributed by atoms with Crippen molar-refractivity contribution in [2.24, 2.45) is 5.92 Å². The summed E-state index contributed by atoms with van der Waals surface area (Å²) in [6, 6.07) is 1.84. The highest BCUT2D eigenvalue weighted by Gasteiger charge is 2.23. The van der Waals surface area contributed by atoms with Crippen molar-refractivity contribution >= 4 is 23.3 Å². The van der Waals surface area contributed by atoms with Gasteiger partial charge in [0.1, 0.15) is 5.82 Å². The second-order valence-corrected chi connectivity index (χ2v) is 5.82. The van der Waals surface area contributed by atoms with E-state index in [1.807, 2.05) is 4.90 Å². The van der Waals surface area contributed by atoms with Crippen molar-refractivity contribution in [1.29, 1.82) is 0 Å². The fourth-order valence-corrected chi connectivity index (χ4v) is 2.42. The van der Waals surface area contributed by atoms with E-state index in [0.717, 1.165) is 19.4 Å². The van der Waals surface area contributed by atoms with E-state index in [4.69, 9.17) is 17.3 Å². The second-order valence-electron chi connectivity index (χ2n) is 5.41. The zero-order valence-electron chi connectivity index (χ0n) is 12.7. The molecule has 1 amide bonds. The quantitative estimate of drug-likeness (QED) is 0.872. The van der Waals surface area contributed by atoms with Gasteiger partial charge in [-0.1, -0.05) is 39.3 Å². The van der Waals surface area contributed by atoms with Gasteiger partial charge in [-0.3, -0.25) is 4.79 Å². The van der Waals surface area contributed by atoms with Crippen LogP contribution in [-0.2, 0) is 0 Å². The highest BCUT2D eigenvalue weighted by molar-refractivity contribution is 6.33. The number of hydrogen-bond donors (Lipinski definition) is 1. The minimum atomic E-state index is -0.0261. The van der Waals surface area contributed by atoms with Gasteiger partial charge < -0.3 is 10.6 Å². The van der Waals surface area contributed by atoms with Gasteiger partial charge in [-0.2, -0.15) is 0 Å². The van der Waals surface area contributed by atoms with Crippen LogP contribution in [-0.4, -0.2) is 28.4 Å². The fourth-order valence-electron chi connectivity index (χ4n) is 2.25. The number of aromatic nitrogens is 1. The predicted molar refractivity (Wildman–Crippen MR) is 83.9 cm³/mol. The summed E-state index contributed by atoms with van der Waals surface area (Å²) in [5.41, 5.74) is 6.09. The first-order valence-corrected chi connectivity index (χ1v) is 7.50. The summed E-state index contributed by atoms with van der Waals surface area (Å²) in [4.78, 5) is 18.6. The zero-order valence-corrected chi connectivity index (χ0v) is 13.4. The molecule has 0 saturated carbocycles. The van der Waals surface area contributed by atoms with Gasteiger partial charge in [-0.05, 0) is 24.8 Å². The zero-order chi connectivity index (χ0) is 15.3. The van der Waals surface area contributed by atoms with Crippen LogP contribution in [0.2, 0.25) is 5.02 Å². The molecule has 1 aromatic rings. The maximum absolute atomic E-state index is 12.7. The maximum Gasteiger partial charge on any atom is 0.255 e. The number of pyridine rings is 1. The van der Waals surface area contributed by atoms with Gasteiger partial charge in [0.2, 0.25) is 0 Å². The SMILES string of the molecule is CCC(CC)N(CC(C)C)C(=O)c1cnc(N)c(Cl)c1. The lowest BCUT2D eigenvalue weighted by atomic mass is 10.1. The third-order valence-corrected chi connectivity index (χ3v) is 3.63. The van der Waals surface area contributed by atoms with Crippen molar-refractivity contribution in [2.45, 2.75) is 46.6 Å². The van der Waals surface area contributed by atoms with Crippen molar-refractivity contribution in [3.8, 4) is 0 Å². The Morgan fingerprint density at radius 2 is 2.00 bits per heavy atom. The lowest BCUT2D eigenvalue weighted by Gasteiger charge is -2.32. The van der Waals surface area contributed by atoms with Crippen LogP contribution in [0.5, 0.6) is 0 Å². The monoisotopic (exact) mass is 297 g/mol. The van der Waals surface area contributed by atoms with Crippen LogP contribution in [0.3, 0.4) is 0 Å². The Kier molecular flexibility index (Phi) is 6.27. The summed E-state index contributed by atoms with van der Waals surface area (Å²) in [6.45, 7) is 9.15. The van der Waals surface area contributed by atoms with Crippen LogP contribution in [0.15, 0.2) is 12.3 Å². The molecule has 0 aliphatic heterocycles. The summed E-state index contributed by atoms with van der Waals surface area (Å²) in [6.07, 6.45) is 3.37. The molecule has 0 atom stereocenters. The molecule has 0 radical (unpaired) electrons. The highest BCUT2D eigenvalue weighted by atomic mass is 35.5. The Bertz CT molecular complexity index is 458. The van der Waals surface area contributed by atoms with Crippen LogP contribution in [0, 0.1) is 5.92 Å². The molecule has 0 aromatic carbocycles. The number of carbonyl (C=O) groups excluding carboxylic acids is 1. The summed E-state index contributed by atoms with van der Waals surface area (Å²) < 4.78 is 0. The topological polar surface area (TPSA) is 59.2 Å². The molecule has 0 aliphatic rings. The normalized spacial score (nSPS) is 11.2. The minimum absolute atomic E-state index is 0.0261. The summed E-state index contributed by atoms with van der Waals surface area (Å²) in [7, 11) is 0. The summed E-state index contributed by atoms with van der Waals surface area (Å²) in [5.74, 6) is 0.639. The molecule has 5 heteroatoms. The van der Waals surface area contributed by atoms with E-state index < -0.39 is 0 Å². The largest absolute Gasteiger partial charge is 0.382 e. The first-order valence-electron chi connectivity index (χ1n) is 7.12. The predicted octanol–water partition coefficient (Wildman–Crippen LogP) is 3.60. The molecule has 112 valence electrons. The van der Waals surface area contributed by atoms with Crippen LogP contribution in [0.4, 0.5) is 5.82 Å². The highest BCUT2D eigenvalue weighted by Crippen LogP contribution is 2.20. The van der Waals surface area contributed by atoms with Crippen LogP contribution in [0.1, 0.15) is 50.9 Å². The lowest BCUT2D eigenvalue weighted by molar-refractivity contribution is 0.0640. The van der Waals surface area contributed by atoms with Gasteiger partial charge in [-0.25, -0.2) is 4.98 Å². The molecule has 1 aromatic heterocycles. The number of anilines is 1. The minimum Gasteiger partial charge on any atom is -0.382 e. The summed E-state index contributed by atoms with van der Waals surface area (Å²) >= 11 is 5.96. The lowest BCUT2D eigenvalue weighted by Crippen LogP contribution is -2.42.